The number of aryl methyl sites for hydroxylation is 1. The highest BCUT2D eigenvalue weighted by atomic mass is 35.5. The Labute approximate surface area is 132 Å². The van der Waals surface area contributed by atoms with Crippen molar-refractivity contribution in [2.24, 2.45) is 7.05 Å². The van der Waals surface area contributed by atoms with Gasteiger partial charge >= 0.3 is 0 Å². The summed E-state index contributed by atoms with van der Waals surface area (Å²) in [6, 6.07) is 11.9. The first-order valence-corrected chi connectivity index (χ1v) is 6.98. The average Bonchev–Trinajstić information content (AvgIpc) is 2.89. The minimum Gasteiger partial charge on any atom is -0.497 e. The van der Waals surface area contributed by atoms with Gasteiger partial charge in [-0.1, -0.05) is 17.7 Å². The normalized spacial score (nSPS) is 10.7. The Hall–Kier alpha value is -2.40. The predicted octanol–water partition coefficient (Wildman–Crippen LogP) is 3.95. The van der Waals surface area contributed by atoms with Crippen molar-refractivity contribution in [2.45, 2.75) is 0 Å². The number of hydrogen-bond acceptors (Lipinski definition) is 3. The maximum absolute atomic E-state index is 14.0. The molecule has 0 N–H and O–H groups in total. The Kier molecular flexibility index (Phi) is 3.81. The molecule has 0 bridgehead atoms. The smallest absolute Gasteiger partial charge is 0.186 e. The molecule has 0 amide bonds. The van der Waals surface area contributed by atoms with Crippen LogP contribution in [0.4, 0.5) is 4.39 Å². The molecule has 2 aromatic carbocycles. The number of rotatable bonds is 3. The Morgan fingerprint density at radius 3 is 2.50 bits per heavy atom. The van der Waals surface area contributed by atoms with Gasteiger partial charge < -0.3 is 4.74 Å². The third-order valence-electron chi connectivity index (χ3n) is 3.30. The molecule has 0 spiro atoms. The molecule has 112 valence electrons. The lowest BCUT2D eigenvalue weighted by molar-refractivity contribution is 0.415. The van der Waals surface area contributed by atoms with E-state index >= 15 is 0 Å². The van der Waals surface area contributed by atoms with Gasteiger partial charge in [-0.2, -0.15) is 5.10 Å². The van der Waals surface area contributed by atoms with Crippen LogP contribution in [0.5, 0.6) is 5.75 Å². The minimum absolute atomic E-state index is 0.208. The standard InChI is InChI=1S/C16H13ClFN3O/c1-21-16(10-6-8-11(22-2)9-7-10)19-15(20-21)14-12(17)4-3-5-13(14)18/h3-9H,1-2H3. The van der Waals surface area contributed by atoms with E-state index in [1.165, 1.54) is 6.07 Å². The summed E-state index contributed by atoms with van der Waals surface area (Å²) in [5, 5.41) is 4.56. The SMILES string of the molecule is COc1ccc(-c2nc(-c3c(F)cccc3Cl)nn2C)cc1. The van der Waals surface area contributed by atoms with Crippen LogP contribution in [0, 0.1) is 5.82 Å². The lowest BCUT2D eigenvalue weighted by Crippen LogP contribution is -1.94. The van der Waals surface area contributed by atoms with Crippen LogP contribution in [-0.4, -0.2) is 21.9 Å². The maximum Gasteiger partial charge on any atom is 0.186 e. The second kappa shape index (κ2) is 5.77. The maximum atomic E-state index is 14.0. The number of hydrogen-bond donors (Lipinski definition) is 0. The fraction of sp³-hybridized carbons (Fsp3) is 0.125. The summed E-state index contributed by atoms with van der Waals surface area (Å²) in [5.41, 5.74) is 1.06. The molecule has 6 heteroatoms. The number of nitrogens with zero attached hydrogens (tertiary/aromatic N) is 3. The molecule has 0 saturated heterocycles. The lowest BCUT2D eigenvalue weighted by Gasteiger charge is -2.02. The van der Waals surface area contributed by atoms with Crippen molar-refractivity contribution in [3.8, 4) is 28.5 Å². The Balaban J connectivity index is 2.07. The first-order valence-electron chi connectivity index (χ1n) is 6.60. The highest BCUT2D eigenvalue weighted by Gasteiger charge is 2.17. The zero-order valence-corrected chi connectivity index (χ0v) is 12.8. The van der Waals surface area contributed by atoms with Crippen molar-refractivity contribution in [2.75, 3.05) is 7.11 Å². The third-order valence-corrected chi connectivity index (χ3v) is 3.61. The van der Waals surface area contributed by atoms with Gasteiger partial charge in [0.1, 0.15) is 11.6 Å². The molecule has 0 saturated carbocycles. The van der Waals surface area contributed by atoms with Crippen LogP contribution in [0.15, 0.2) is 42.5 Å². The van der Waals surface area contributed by atoms with Crippen LogP contribution < -0.4 is 4.74 Å². The van der Waals surface area contributed by atoms with Crippen LogP contribution in [0.3, 0.4) is 0 Å². The Bertz CT molecular complexity index is 795. The van der Waals surface area contributed by atoms with E-state index in [1.807, 2.05) is 24.3 Å². The van der Waals surface area contributed by atoms with Gasteiger partial charge in [0.05, 0.1) is 17.7 Å². The highest BCUT2D eigenvalue weighted by Crippen LogP contribution is 2.30. The van der Waals surface area contributed by atoms with Crippen LogP contribution >= 0.6 is 11.6 Å². The second-order valence-corrected chi connectivity index (χ2v) is 5.11. The molecule has 1 aromatic heterocycles. The molecular formula is C16H13ClFN3O. The molecular weight excluding hydrogens is 305 g/mol. The van der Waals surface area contributed by atoms with Crippen molar-refractivity contribution in [1.29, 1.82) is 0 Å². The van der Waals surface area contributed by atoms with E-state index in [1.54, 1.807) is 31.0 Å². The first-order chi connectivity index (χ1) is 10.6. The van der Waals surface area contributed by atoms with Crippen molar-refractivity contribution >= 4 is 11.6 Å². The van der Waals surface area contributed by atoms with Gasteiger partial charge in [-0.15, -0.1) is 0 Å². The molecule has 0 aliphatic carbocycles. The number of ether oxygens (including phenoxy) is 1. The first kappa shape index (κ1) is 14.5. The molecule has 1 heterocycles. The fourth-order valence-corrected chi connectivity index (χ4v) is 2.44. The Morgan fingerprint density at radius 1 is 1.14 bits per heavy atom. The predicted molar refractivity (Wildman–Crippen MR) is 83.4 cm³/mol. The number of benzene rings is 2. The fourth-order valence-electron chi connectivity index (χ4n) is 2.19. The molecule has 3 aromatic rings. The van der Waals surface area contributed by atoms with Crippen molar-refractivity contribution in [1.82, 2.24) is 14.8 Å². The molecule has 0 aliphatic rings. The quantitative estimate of drug-likeness (QED) is 0.734. The third kappa shape index (κ3) is 2.55. The molecule has 4 nitrogen and oxygen atoms in total. The van der Waals surface area contributed by atoms with E-state index in [4.69, 9.17) is 16.3 Å². The summed E-state index contributed by atoms with van der Waals surface area (Å²) in [6.45, 7) is 0. The molecule has 22 heavy (non-hydrogen) atoms. The average molecular weight is 318 g/mol. The minimum atomic E-state index is -0.445. The van der Waals surface area contributed by atoms with E-state index < -0.39 is 5.82 Å². The Morgan fingerprint density at radius 2 is 1.86 bits per heavy atom. The van der Waals surface area contributed by atoms with Crippen LogP contribution in [0.25, 0.3) is 22.8 Å². The van der Waals surface area contributed by atoms with Gasteiger partial charge in [-0.05, 0) is 36.4 Å². The largest absolute Gasteiger partial charge is 0.497 e. The van der Waals surface area contributed by atoms with Crippen molar-refractivity contribution in [3.05, 3.63) is 53.3 Å². The molecule has 0 radical (unpaired) electrons. The summed E-state index contributed by atoms with van der Waals surface area (Å²) < 4.78 is 20.7. The molecule has 0 atom stereocenters. The molecule has 0 aliphatic heterocycles. The van der Waals surface area contributed by atoms with Crippen molar-refractivity contribution in [3.63, 3.8) is 0 Å². The van der Waals surface area contributed by atoms with Crippen LogP contribution in [0.1, 0.15) is 0 Å². The zero-order chi connectivity index (χ0) is 15.7. The monoisotopic (exact) mass is 317 g/mol. The van der Waals surface area contributed by atoms with E-state index in [2.05, 4.69) is 10.1 Å². The van der Waals surface area contributed by atoms with E-state index in [-0.39, 0.29) is 16.4 Å². The zero-order valence-electron chi connectivity index (χ0n) is 12.0. The van der Waals surface area contributed by atoms with E-state index in [0.29, 0.717) is 5.82 Å². The molecule has 3 rings (SSSR count). The second-order valence-electron chi connectivity index (χ2n) is 4.71. The van der Waals surface area contributed by atoms with Crippen LogP contribution in [0.2, 0.25) is 5.02 Å². The summed E-state index contributed by atoms with van der Waals surface area (Å²) in [7, 11) is 3.36. The molecule has 0 unspecified atom stereocenters. The summed E-state index contributed by atoms with van der Waals surface area (Å²) in [5.74, 6) is 1.19. The highest BCUT2D eigenvalue weighted by molar-refractivity contribution is 6.33. The topological polar surface area (TPSA) is 39.9 Å². The van der Waals surface area contributed by atoms with Gasteiger partial charge in [-0.25, -0.2) is 14.1 Å². The van der Waals surface area contributed by atoms with E-state index in [0.717, 1.165) is 11.3 Å². The van der Waals surface area contributed by atoms with Crippen LogP contribution in [-0.2, 0) is 7.05 Å². The number of methoxy groups -OCH3 is 1. The van der Waals surface area contributed by atoms with Gasteiger partial charge in [0.25, 0.3) is 0 Å². The van der Waals surface area contributed by atoms with Gasteiger partial charge in [-0.3, -0.25) is 0 Å². The summed E-state index contributed by atoms with van der Waals surface area (Å²) in [4.78, 5) is 4.41. The number of aromatic nitrogens is 3. The number of halogens is 2. The van der Waals surface area contributed by atoms with Gasteiger partial charge in [0.2, 0.25) is 0 Å². The summed E-state index contributed by atoms with van der Waals surface area (Å²) in [6.07, 6.45) is 0. The van der Waals surface area contributed by atoms with Gasteiger partial charge in [0, 0.05) is 12.6 Å². The summed E-state index contributed by atoms with van der Waals surface area (Å²) >= 11 is 6.07. The molecule has 0 fully saturated rings. The van der Waals surface area contributed by atoms with Crippen molar-refractivity contribution < 1.29 is 9.13 Å². The lowest BCUT2D eigenvalue weighted by atomic mass is 10.2. The van der Waals surface area contributed by atoms with Gasteiger partial charge in [0.15, 0.2) is 11.6 Å². The van der Waals surface area contributed by atoms with E-state index in [9.17, 15) is 4.39 Å².